The molecule has 0 unspecified atom stereocenters. The number of hydrogen-bond donors (Lipinski definition) is 2. The second-order valence-corrected chi connectivity index (χ2v) is 9.18. The molecule has 9 nitrogen and oxygen atoms in total. The van der Waals surface area contributed by atoms with Crippen LogP contribution in [0.4, 0.5) is 17.1 Å². The topological polar surface area (TPSA) is 123 Å². The van der Waals surface area contributed by atoms with Crippen LogP contribution in [0.15, 0.2) is 81.2 Å². The molecule has 3 rings (SSSR count). The maximum atomic E-state index is 12.7. The minimum Gasteiger partial charge on any atom is -0.497 e. The van der Waals surface area contributed by atoms with Gasteiger partial charge in [0.1, 0.15) is 11.4 Å². The van der Waals surface area contributed by atoms with Gasteiger partial charge in [0, 0.05) is 16.2 Å². The van der Waals surface area contributed by atoms with Gasteiger partial charge in [0.05, 0.1) is 22.6 Å². The van der Waals surface area contributed by atoms with Gasteiger partial charge >= 0.3 is 0 Å². The third-order valence-corrected chi connectivity index (χ3v) is 6.33. The van der Waals surface area contributed by atoms with Gasteiger partial charge in [0.2, 0.25) is 0 Å². The third kappa shape index (κ3) is 5.62. The summed E-state index contributed by atoms with van der Waals surface area (Å²) in [5.74, 6) is 0.568. The van der Waals surface area contributed by atoms with Gasteiger partial charge in [0.15, 0.2) is 0 Å². The summed E-state index contributed by atoms with van der Waals surface area (Å²) < 4.78 is 33.8. The fourth-order valence-corrected chi connectivity index (χ4v) is 4.04. The first-order valence-electron chi connectivity index (χ1n) is 9.21. The summed E-state index contributed by atoms with van der Waals surface area (Å²) in [4.78, 5) is 10.6. The molecule has 0 heterocycles. The average molecular weight is 519 g/mol. The largest absolute Gasteiger partial charge is 0.497 e. The van der Waals surface area contributed by atoms with E-state index in [2.05, 4.69) is 31.2 Å². The molecule has 0 aliphatic rings. The minimum absolute atomic E-state index is 0.0647. The predicted molar refractivity (Wildman–Crippen MR) is 127 cm³/mol. The van der Waals surface area contributed by atoms with Crippen LogP contribution in [0, 0.1) is 10.1 Å². The molecule has 3 aromatic rings. The van der Waals surface area contributed by atoms with Crippen LogP contribution in [-0.2, 0) is 10.0 Å². The number of ether oxygens (including phenoxy) is 1. The van der Waals surface area contributed by atoms with Crippen LogP contribution < -0.4 is 14.9 Å². The Morgan fingerprint density at radius 1 is 1.06 bits per heavy atom. The van der Waals surface area contributed by atoms with Gasteiger partial charge in [-0.1, -0.05) is 28.1 Å². The van der Waals surface area contributed by atoms with Crippen molar-refractivity contribution >= 4 is 48.7 Å². The molecule has 3 aromatic carbocycles. The zero-order valence-corrected chi connectivity index (χ0v) is 19.5. The number of nitro benzene ring substituents is 1. The van der Waals surface area contributed by atoms with Crippen molar-refractivity contribution in [1.82, 2.24) is 0 Å². The molecule has 0 aromatic heterocycles. The first kappa shape index (κ1) is 23.2. The SMILES string of the molecule is COc1ccc(NS(=O)(=O)c2ccc(N/N=C(\C)c3ccc(Br)cc3)c([N+](=O)[O-])c2)cc1. The zero-order valence-electron chi connectivity index (χ0n) is 17.1. The molecule has 0 saturated carbocycles. The van der Waals surface area contributed by atoms with Crippen molar-refractivity contribution in [2.75, 3.05) is 17.3 Å². The van der Waals surface area contributed by atoms with E-state index in [4.69, 9.17) is 4.74 Å². The van der Waals surface area contributed by atoms with E-state index in [-0.39, 0.29) is 10.6 Å². The van der Waals surface area contributed by atoms with E-state index in [9.17, 15) is 18.5 Å². The molecule has 0 bridgehead atoms. The van der Waals surface area contributed by atoms with Crippen molar-refractivity contribution in [3.63, 3.8) is 0 Å². The van der Waals surface area contributed by atoms with Gasteiger partial charge in [-0.05, 0) is 61.0 Å². The monoisotopic (exact) mass is 518 g/mol. The van der Waals surface area contributed by atoms with Crippen molar-refractivity contribution in [3.8, 4) is 5.75 Å². The Balaban J connectivity index is 1.85. The highest BCUT2D eigenvalue weighted by atomic mass is 79.9. The third-order valence-electron chi connectivity index (χ3n) is 4.42. The first-order valence-corrected chi connectivity index (χ1v) is 11.5. The van der Waals surface area contributed by atoms with Crippen LogP contribution in [0.3, 0.4) is 0 Å². The summed E-state index contributed by atoms with van der Waals surface area (Å²) in [5.41, 5.74) is 4.02. The number of rotatable bonds is 8. The molecule has 0 saturated heterocycles. The number of hydrogen-bond acceptors (Lipinski definition) is 7. The number of anilines is 2. The molecule has 0 amide bonds. The first-order chi connectivity index (χ1) is 15.2. The molecule has 0 fully saturated rings. The number of sulfonamides is 1. The van der Waals surface area contributed by atoms with E-state index in [0.29, 0.717) is 17.1 Å². The molecule has 0 aliphatic heterocycles. The number of benzene rings is 3. The maximum absolute atomic E-state index is 12.7. The Morgan fingerprint density at radius 2 is 1.72 bits per heavy atom. The van der Waals surface area contributed by atoms with Crippen LogP contribution in [0.5, 0.6) is 5.75 Å². The second-order valence-electron chi connectivity index (χ2n) is 6.59. The smallest absolute Gasteiger partial charge is 0.295 e. The van der Waals surface area contributed by atoms with E-state index in [0.717, 1.165) is 16.1 Å². The van der Waals surface area contributed by atoms with Gasteiger partial charge in [-0.25, -0.2) is 8.42 Å². The number of halogens is 1. The Kier molecular flexibility index (Phi) is 7.11. The van der Waals surface area contributed by atoms with Crippen molar-refractivity contribution in [3.05, 3.63) is 86.9 Å². The van der Waals surface area contributed by atoms with Crippen LogP contribution in [0.2, 0.25) is 0 Å². The molecular formula is C21H19BrN4O5S. The lowest BCUT2D eigenvalue weighted by Crippen LogP contribution is -2.13. The Morgan fingerprint density at radius 3 is 2.31 bits per heavy atom. The normalized spacial score (nSPS) is 11.7. The lowest BCUT2D eigenvalue weighted by Gasteiger charge is -2.10. The highest BCUT2D eigenvalue weighted by Gasteiger charge is 2.21. The summed E-state index contributed by atoms with van der Waals surface area (Å²) in [7, 11) is -2.55. The van der Waals surface area contributed by atoms with Crippen molar-refractivity contribution in [1.29, 1.82) is 0 Å². The van der Waals surface area contributed by atoms with Crippen molar-refractivity contribution < 1.29 is 18.1 Å². The summed E-state index contributed by atoms with van der Waals surface area (Å²) in [6.07, 6.45) is 0. The van der Waals surface area contributed by atoms with E-state index in [1.807, 2.05) is 24.3 Å². The lowest BCUT2D eigenvalue weighted by molar-refractivity contribution is -0.384. The number of nitrogens with zero attached hydrogens (tertiary/aromatic N) is 2. The Hall–Kier alpha value is -3.44. The molecule has 166 valence electrons. The standard InChI is InChI=1S/C21H19BrN4O5S/c1-14(15-3-5-16(22)6-4-15)23-24-20-12-11-19(13-21(20)26(27)28)32(29,30)25-17-7-9-18(31-2)10-8-17/h3-13,24-25H,1-2H3/b23-14+. The molecule has 0 radical (unpaired) electrons. The maximum Gasteiger partial charge on any atom is 0.295 e. The van der Waals surface area contributed by atoms with E-state index < -0.39 is 20.6 Å². The van der Waals surface area contributed by atoms with Crippen LogP contribution in [0.1, 0.15) is 12.5 Å². The Labute approximate surface area is 193 Å². The lowest BCUT2D eigenvalue weighted by atomic mass is 10.1. The Bertz CT molecular complexity index is 1260. The van der Waals surface area contributed by atoms with Crippen molar-refractivity contribution in [2.45, 2.75) is 11.8 Å². The molecule has 0 aliphatic carbocycles. The predicted octanol–water partition coefficient (Wildman–Crippen LogP) is 5.00. The number of hydrazone groups is 1. The molecule has 2 N–H and O–H groups in total. The molecule has 32 heavy (non-hydrogen) atoms. The molecule has 0 atom stereocenters. The molecule has 11 heteroatoms. The van der Waals surface area contributed by atoms with Gasteiger partial charge in [-0.3, -0.25) is 20.3 Å². The van der Waals surface area contributed by atoms with E-state index in [1.165, 1.54) is 31.4 Å². The minimum atomic E-state index is -4.05. The fourth-order valence-electron chi connectivity index (χ4n) is 2.70. The van der Waals surface area contributed by atoms with Gasteiger partial charge in [-0.2, -0.15) is 5.10 Å². The summed E-state index contributed by atoms with van der Waals surface area (Å²) in [6.45, 7) is 1.75. The van der Waals surface area contributed by atoms with Crippen molar-refractivity contribution in [2.24, 2.45) is 5.10 Å². The average Bonchev–Trinajstić information content (AvgIpc) is 2.78. The number of nitro groups is 1. The van der Waals surface area contributed by atoms with Gasteiger partial charge < -0.3 is 4.74 Å². The molecular weight excluding hydrogens is 500 g/mol. The number of nitrogens with one attached hydrogen (secondary N) is 2. The second kappa shape index (κ2) is 9.79. The highest BCUT2D eigenvalue weighted by Crippen LogP contribution is 2.29. The van der Waals surface area contributed by atoms with E-state index in [1.54, 1.807) is 19.1 Å². The quantitative estimate of drug-likeness (QED) is 0.245. The summed E-state index contributed by atoms with van der Waals surface area (Å²) in [5, 5.41) is 15.7. The van der Waals surface area contributed by atoms with Gasteiger partial charge in [-0.15, -0.1) is 0 Å². The number of methoxy groups -OCH3 is 1. The van der Waals surface area contributed by atoms with Crippen LogP contribution >= 0.6 is 15.9 Å². The zero-order chi connectivity index (χ0) is 23.3. The van der Waals surface area contributed by atoms with Crippen LogP contribution in [-0.4, -0.2) is 26.2 Å². The van der Waals surface area contributed by atoms with E-state index >= 15 is 0 Å². The highest BCUT2D eigenvalue weighted by molar-refractivity contribution is 9.10. The van der Waals surface area contributed by atoms with Gasteiger partial charge in [0.25, 0.3) is 15.7 Å². The molecule has 0 spiro atoms. The summed E-state index contributed by atoms with van der Waals surface area (Å²) in [6, 6.07) is 17.2. The fraction of sp³-hybridized carbons (Fsp3) is 0.0952. The summed E-state index contributed by atoms with van der Waals surface area (Å²) >= 11 is 3.36. The van der Waals surface area contributed by atoms with Crippen LogP contribution in [0.25, 0.3) is 0 Å².